The van der Waals surface area contributed by atoms with Crippen molar-refractivity contribution in [1.82, 2.24) is 0 Å². The van der Waals surface area contributed by atoms with Gasteiger partial charge in [-0.05, 0) is 13.8 Å². The minimum Gasteiger partial charge on any atom is -0.498 e. The summed E-state index contributed by atoms with van der Waals surface area (Å²) in [6.07, 6.45) is 0. The smallest absolute Gasteiger partial charge is 0.104 e. The number of hydrogen-bond donors (Lipinski definition) is 0. The van der Waals surface area contributed by atoms with Crippen LogP contribution in [0.2, 0.25) is 0 Å². The van der Waals surface area contributed by atoms with Gasteiger partial charge in [0, 0.05) is 5.54 Å². The summed E-state index contributed by atoms with van der Waals surface area (Å²) in [5.74, 6) is 0.768. The Balaban J connectivity index is 3.17. The van der Waals surface area contributed by atoms with E-state index in [9.17, 15) is 0 Å². The highest BCUT2D eigenvalue weighted by Gasteiger charge is 1.79. The van der Waals surface area contributed by atoms with Gasteiger partial charge in [-0.25, -0.2) is 0 Å². The lowest BCUT2D eigenvalue weighted by Gasteiger charge is -1.97. The Morgan fingerprint density at radius 3 is 2.57 bits per heavy atom. The largest absolute Gasteiger partial charge is 0.498 e. The molecule has 0 bridgehead atoms. The lowest BCUT2D eigenvalue weighted by atomic mass is 10.6. The molecular formula is C5H9ClO. The van der Waals surface area contributed by atoms with Gasteiger partial charge in [0.2, 0.25) is 0 Å². The molecule has 0 rings (SSSR count). The number of ether oxygens (including phenoxy) is 1. The van der Waals surface area contributed by atoms with Crippen LogP contribution in [0.25, 0.3) is 0 Å². The summed E-state index contributed by atoms with van der Waals surface area (Å²) in [6.45, 7) is 4.43. The highest BCUT2D eigenvalue weighted by Crippen LogP contribution is 1.94. The number of allylic oxidation sites excluding steroid dienone is 1. The Labute approximate surface area is 48.9 Å². The van der Waals surface area contributed by atoms with Crippen molar-refractivity contribution in [3.05, 3.63) is 11.3 Å². The highest BCUT2D eigenvalue weighted by atomic mass is 35.5. The zero-order valence-electron chi connectivity index (χ0n) is 4.57. The molecule has 0 aromatic carbocycles. The predicted octanol–water partition coefficient (Wildman–Crippen LogP) is 2.12. The molecule has 0 amide bonds. The first-order valence-electron chi connectivity index (χ1n) is 2.21. The summed E-state index contributed by atoms with van der Waals surface area (Å²) in [6, 6.07) is 0. The van der Waals surface area contributed by atoms with Crippen molar-refractivity contribution in [3.8, 4) is 0 Å². The second-order valence-electron chi connectivity index (χ2n) is 1.15. The number of halogens is 1. The SMILES string of the molecule is CCOC(C)=CCl. The fourth-order valence-corrected chi connectivity index (χ4v) is 0.322. The molecule has 2 heteroatoms. The van der Waals surface area contributed by atoms with E-state index in [-0.39, 0.29) is 0 Å². The van der Waals surface area contributed by atoms with Crippen molar-refractivity contribution in [3.63, 3.8) is 0 Å². The molecule has 7 heavy (non-hydrogen) atoms. The molecule has 1 nitrogen and oxygen atoms in total. The highest BCUT2D eigenvalue weighted by molar-refractivity contribution is 6.25. The molecule has 0 aliphatic rings. The van der Waals surface area contributed by atoms with E-state index in [4.69, 9.17) is 16.3 Å². The Bertz CT molecular complexity index is 68.5. The van der Waals surface area contributed by atoms with E-state index < -0.39 is 0 Å². The van der Waals surface area contributed by atoms with Crippen LogP contribution in [0.1, 0.15) is 13.8 Å². The van der Waals surface area contributed by atoms with E-state index >= 15 is 0 Å². The zero-order valence-corrected chi connectivity index (χ0v) is 5.33. The minimum absolute atomic E-state index is 0.690. The second-order valence-corrected chi connectivity index (χ2v) is 1.37. The fraction of sp³-hybridized carbons (Fsp3) is 0.600. The Kier molecular flexibility index (Phi) is 3.90. The summed E-state index contributed by atoms with van der Waals surface area (Å²) in [4.78, 5) is 0. The van der Waals surface area contributed by atoms with Gasteiger partial charge in [-0.1, -0.05) is 11.6 Å². The summed E-state index contributed by atoms with van der Waals surface area (Å²) in [5, 5.41) is 0. The van der Waals surface area contributed by atoms with Crippen LogP contribution in [0.5, 0.6) is 0 Å². The molecule has 0 saturated carbocycles. The average Bonchev–Trinajstić information content (AvgIpc) is 1.68. The van der Waals surface area contributed by atoms with Gasteiger partial charge in [0.05, 0.1) is 6.61 Å². The van der Waals surface area contributed by atoms with Gasteiger partial charge >= 0.3 is 0 Å². The van der Waals surface area contributed by atoms with Crippen LogP contribution in [-0.2, 0) is 4.74 Å². The molecular weight excluding hydrogens is 112 g/mol. The summed E-state index contributed by atoms with van der Waals surface area (Å²) < 4.78 is 4.92. The summed E-state index contributed by atoms with van der Waals surface area (Å²) >= 11 is 5.24. The van der Waals surface area contributed by atoms with E-state index in [1.165, 1.54) is 5.54 Å². The van der Waals surface area contributed by atoms with Gasteiger partial charge < -0.3 is 4.74 Å². The second kappa shape index (κ2) is 4.00. The quantitative estimate of drug-likeness (QED) is 0.508. The third-order valence-electron chi connectivity index (χ3n) is 0.526. The maximum atomic E-state index is 5.24. The van der Waals surface area contributed by atoms with E-state index in [2.05, 4.69) is 0 Å². The lowest BCUT2D eigenvalue weighted by molar-refractivity contribution is 0.232. The molecule has 0 atom stereocenters. The molecule has 0 heterocycles. The van der Waals surface area contributed by atoms with Gasteiger partial charge in [-0.2, -0.15) is 0 Å². The van der Waals surface area contributed by atoms with Crippen molar-refractivity contribution in [1.29, 1.82) is 0 Å². The van der Waals surface area contributed by atoms with Gasteiger partial charge in [-0.15, -0.1) is 0 Å². The third-order valence-corrected chi connectivity index (χ3v) is 0.833. The molecule has 0 aliphatic carbocycles. The van der Waals surface area contributed by atoms with Gasteiger partial charge in [0.1, 0.15) is 5.76 Å². The van der Waals surface area contributed by atoms with E-state index in [0.29, 0.717) is 6.61 Å². The molecule has 0 aromatic heterocycles. The zero-order chi connectivity index (χ0) is 5.70. The minimum atomic E-state index is 0.690. The van der Waals surface area contributed by atoms with Gasteiger partial charge in [0.15, 0.2) is 0 Å². The molecule has 0 aromatic rings. The van der Waals surface area contributed by atoms with Crippen molar-refractivity contribution >= 4 is 11.6 Å². The first-order chi connectivity index (χ1) is 3.31. The van der Waals surface area contributed by atoms with Crippen LogP contribution in [-0.4, -0.2) is 6.61 Å². The maximum Gasteiger partial charge on any atom is 0.104 e. The summed E-state index contributed by atoms with van der Waals surface area (Å²) in [5.41, 5.74) is 1.42. The summed E-state index contributed by atoms with van der Waals surface area (Å²) in [7, 11) is 0. The van der Waals surface area contributed by atoms with Crippen molar-refractivity contribution < 1.29 is 4.74 Å². The average molecular weight is 121 g/mol. The van der Waals surface area contributed by atoms with Crippen LogP contribution >= 0.6 is 11.6 Å². The molecule has 0 aliphatic heterocycles. The van der Waals surface area contributed by atoms with Crippen molar-refractivity contribution in [2.75, 3.05) is 6.61 Å². The molecule has 0 radical (unpaired) electrons. The first kappa shape index (κ1) is 6.83. The standard InChI is InChI=1S/C5H9ClO/c1-3-7-5(2)4-6/h4H,3H2,1-2H3. The van der Waals surface area contributed by atoms with Gasteiger partial charge in [-0.3, -0.25) is 0 Å². The number of hydrogen-bond acceptors (Lipinski definition) is 1. The normalized spacial score (nSPS) is 11.6. The molecule has 0 spiro atoms. The topological polar surface area (TPSA) is 9.23 Å². The van der Waals surface area contributed by atoms with Crippen LogP contribution in [0, 0.1) is 0 Å². The Morgan fingerprint density at radius 1 is 1.86 bits per heavy atom. The number of rotatable bonds is 2. The van der Waals surface area contributed by atoms with Crippen molar-refractivity contribution in [2.45, 2.75) is 13.8 Å². The Hall–Kier alpha value is -0.170. The van der Waals surface area contributed by atoms with Gasteiger partial charge in [0.25, 0.3) is 0 Å². The Morgan fingerprint density at radius 2 is 2.43 bits per heavy atom. The van der Waals surface area contributed by atoms with Crippen LogP contribution in [0.3, 0.4) is 0 Å². The lowest BCUT2D eigenvalue weighted by Crippen LogP contribution is -1.83. The predicted molar refractivity (Wildman–Crippen MR) is 31.2 cm³/mol. The first-order valence-corrected chi connectivity index (χ1v) is 2.64. The maximum absolute atomic E-state index is 5.24. The van der Waals surface area contributed by atoms with E-state index in [0.717, 1.165) is 5.76 Å². The fourth-order valence-electron chi connectivity index (χ4n) is 0.259. The monoisotopic (exact) mass is 120 g/mol. The van der Waals surface area contributed by atoms with Crippen LogP contribution in [0.4, 0.5) is 0 Å². The molecule has 0 unspecified atom stereocenters. The third kappa shape index (κ3) is 3.67. The molecule has 0 fully saturated rings. The molecule has 0 N–H and O–H groups in total. The van der Waals surface area contributed by atoms with Crippen molar-refractivity contribution in [2.24, 2.45) is 0 Å². The van der Waals surface area contributed by atoms with E-state index in [1.807, 2.05) is 13.8 Å². The molecule has 42 valence electrons. The molecule has 0 saturated heterocycles. The van der Waals surface area contributed by atoms with Crippen LogP contribution < -0.4 is 0 Å². The van der Waals surface area contributed by atoms with Crippen LogP contribution in [0.15, 0.2) is 11.3 Å². The van der Waals surface area contributed by atoms with E-state index in [1.54, 1.807) is 0 Å².